The smallest absolute Gasteiger partial charge is 0.232 e. The standard InChI is InChI=1S/C22H20N2O2/c1-15-11-12-20(23-14-15)24-22(26)16(2)18-9-6-10-19(13-18)21(25)17-7-4-3-5-8-17/h3-14,16H,1-2H3,(H,23,24,26). The molecule has 26 heavy (non-hydrogen) atoms. The largest absolute Gasteiger partial charge is 0.310 e. The lowest BCUT2D eigenvalue weighted by atomic mass is 9.95. The van der Waals surface area contributed by atoms with Crippen molar-refractivity contribution in [3.63, 3.8) is 0 Å². The maximum Gasteiger partial charge on any atom is 0.232 e. The zero-order chi connectivity index (χ0) is 18.5. The van der Waals surface area contributed by atoms with Crippen LogP contribution in [0.2, 0.25) is 0 Å². The predicted molar refractivity (Wildman–Crippen MR) is 102 cm³/mol. The molecule has 1 N–H and O–H groups in total. The van der Waals surface area contributed by atoms with Crippen molar-refractivity contribution in [2.24, 2.45) is 0 Å². The van der Waals surface area contributed by atoms with E-state index in [-0.39, 0.29) is 11.7 Å². The Morgan fingerprint density at radius 2 is 1.65 bits per heavy atom. The van der Waals surface area contributed by atoms with Gasteiger partial charge >= 0.3 is 0 Å². The fourth-order valence-electron chi connectivity index (χ4n) is 2.63. The topological polar surface area (TPSA) is 59.1 Å². The second-order valence-electron chi connectivity index (χ2n) is 6.25. The van der Waals surface area contributed by atoms with Crippen molar-refractivity contribution in [3.05, 3.63) is 95.2 Å². The highest BCUT2D eigenvalue weighted by atomic mass is 16.2. The summed E-state index contributed by atoms with van der Waals surface area (Å²) in [6.45, 7) is 3.76. The molecule has 2 aromatic carbocycles. The van der Waals surface area contributed by atoms with E-state index in [2.05, 4.69) is 10.3 Å². The molecule has 130 valence electrons. The van der Waals surface area contributed by atoms with Crippen LogP contribution in [0.15, 0.2) is 72.9 Å². The summed E-state index contributed by atoms with van der Waals surface area (Å²) in [6.07, 6.45) is 1.71. The highest BCUT2D eigenvalue weighted by Crippen LogP contribution is 2.20. The number of hydrogen-bond donors (Lipinski definition) is 1. The van der Waals surface area contributed by atoms with Crippen LogP contribution in [-0.2, 0) is 4.79 Å². The molecule has 4 heteroatoms. The van der Waals surface area contributed by atoms with Crippen LogP contribution in [0.3, 0.4) is 0 Å². The average Bonchev–Trinajstić information content (AvgIpc) is 2.69. The minimum atomic E-state index is -0.401. The number of carbonyl (C=O) groups excluding carboxylic acids is 2. The maximum absolute atomic E-state index is 12.6. The molecule has 0 aliphatic rings. The number of pyridine rings is 1. The van der Waals surface area contributed by atoms with Crippen molar-refractivity contribution in [2.75, 3.05) is 5.32 Å². The number of ketones is 1. The van der Waals surface area contributed by atoms with E-state index in [1.54, 1.807) is 42.6 Å². The Morgan fingerprint density at radius 3 is 2.35 bits per heavy atom. The van der Waals surface area contributed by atoms with E-state index in [0.717, 1.165) is 11.1 Å². The van der Waals surface area contributed by atoms with Crippen molar-refractivity contribution >= 4 is 17.5 Å². The van der Waals surface area contributed by atoms with Gasteiger partial charge in [0.25, 0.3) is 0 Å². The first kappa shape index (κ1) is 17.5. The minimum absolute atomic E-state index is 0.0553. The van der Waals surface area contributed by atoms with Crippen LogP contribution in [0.4, 0.5) is 5.82 Å². The molecule has 0 spiro atoms. The Hall–Kier alpha value is -3.27. The van der Waals surface area contributed by atoms with Gasteiger partial charge in [0.1, 0.15) is 5.82 Å². The number of nitrogens with one attached hydrogen (secondary N) is 1. The maximum atomic E-state index is 12.6. The van der Waals surface area contributed by atoms with Crippen molar-refractivity contribution in [2.45, 2.75) is 19.8 Å². The first-order chi connectivity index (χ1) is 12.5. The number of benzene rings is 2. The zero-order valence-corrected chi connectivity index (χ0v) is 14.8. The van der Waals surface area contributed by atoms with E-state index in [0.29, 0.717) is 16.9 Å². The Bertz CT molecular complexity index is 918. The van der Waals surface area contributed by atoms with Crippen molar-refractivity contribution < 1.29 is 9.59 Å². The number of nitrogens with zero attached hydrogens (tertiary/aromatic N) is 1. The fraction of sp³-hybridized carbons (Fsp3) is 0.136. The molecular weight excluding hydrogens is 324 g/mol. The normalized spacial score (nSPS) is 11.6. The summed E-state index contributed by atoms with van der Waals surface area (Å²) in [5.41, 5.74) is 3.02. The second-order valence-corrected chi connectivity index (χ2v) is 6.25. The van der Waals surface area contributed by atoms with E-state index >= 15 is 0 Å². The lowest BCUT2D eigenvalue weighted by molar-refractivity contribution is -0.117. The SMILES string of the molecule is Cc1ccc(NC(=O)C(C)c2cccc(C(=O)c3ccccc3)c2)nc1. The molecule has 1 amide bonds. The molecule has 1 aromatic heterocycles. The predicted octanol–water partition coefficient (Wildman–Crippen LogP) is 4.36. The number of aromatic nitrogens is 1. The average molecular weight is 344 g/mol. The summed E-state index contributed by atoms with van der Waals surface area (Å²) in [4.78, 5) is 29.3. The summed E-state index contributed by atoms with van der Waals surface area (Å²) in [5.74, 6) is -0.100. The van der Waals surface area contributed by atoms with Crippen LogP contribution < -0.4 is 5.32 Å². The van der Waals surface area contributed by atoms with Crippen LogP contribution >= 0.6 is 0 Å². The summed E-state index contributed by atoms with van der Waals surface area (Å²) in [5, 5.41) is 2.81. The number of aryl methyl sites for hydroxylation is 1. The van der Waals surface area contributed by atoms with Gasteiger partial charge in [-0.15, -0.1) is 0 Å². The van der Waals surface area contributed by atoms with Crippen molar-refractivity contribution in [3.8, 4) is 0 Å². The van der Waals surface area contributed by atoms with Gasteiger partial charge in [-0.05, 0) is 37.1 Å². The minimum Gasteiger partial charge on any atom is -0.310 e. The molecule has 0 saturated carbocycles. The third-order valence-corrected chi connectivity index (χ3v) is 4.24. The lowest BCUT2D eigenvalue weighted by Crippen LogP contribution is -2.19. The third-order valence-electron chi connectivity index (χ3n) is 4.24. The van der Waals surface area contributed by atoms with Crippen LogP contribution in [-0.4, -0.2) is 16.7 Å². The number of hydrogen-bond acceptors (Lipinski definition) is 3. The van der Waals surface area contributed by atoms with Crippen LogP contribution in [0, 0.1) is 6.92 Å². The van der Waals surface area contributed by atoms with Crippen LogP contribution in [0.5, 0.6) is 0 Å². The monoisotopic (exact) mass is 344 g/mol. The fourth-order valence-corrected chi connectivity index (χ4v) is 2.63. The van der Waals surface area contributed by atoms with Crippen LogP contribution in [0.1, 0.15) is 39.9 Å². The number of anilines is 1. The van der Waals surface area contributed by atoms with Gasteiger partial charge in [0, 0.05) is 17.3 Å². The Kier molecular flexibility index (Phi) is 5.23. The number of amides is 1. The second kappa shape index (κ2) is 7.74. The number of rotatable bonds is 5. The molecule has 3 aromatic rings. The van der Waals surface area contributed by atoms with Gasteiger partial charge in [-0.2, -0.15) is 0 Å². The Balaban J connectivity index is 1.77. The molecule has 1 atom stereocenters. The molecule has 0 aliphatic heterocycles. The molecule has 1 heterocycles. The van der Waals surface area contributed by atoms with E-state index < -0.39 is 5.92 Å². The molecule has 0 aliphatic carbocycles. The molecule has 0 bridgehead atoms. The summed E-state index contributed by atoms with van der Waals surface area (Å²) in [6, 6.07) is 20.0. The van der Waals surface area contributed by atoms with E-state index in [4.69, 9.17) is 0 Å². The molecule has 0 fully saturated rings. The van der Waals surface area contributed by atoms with Gasteiger partial charge in [0.15, 0.2) is 5.78 Å². The molecule has 0 radical (unpaired) electrons. The summed E-state index contributed by atoms with van der Waals surface area (Å²) >= 11 is 0. The molecule has 1 unspecified atom stereocenters. The summed E-state index contributed by atoms with van der Waals surface area (Å²) in [7, 11) is 0. The first-order valence-corrected chi connectivity index (χ1v) is 8.48. The number of carbonyl (C=O) groups is 2. The van der Waals surface area contributed by atoms with Gasteiger partial charge in [0.05, 0.1) is 5.92 Å². The molecule has 3 rings (SSSR count). The highest BCUT2D eigenvalue weighted by Gasteiger charge is 2.18. The van der Waals surface area contributed by atoms with Crippen LogP contribution in [0.25, 0.3) is 0 Å². The third kappa shape index (κ3) is 4.03. The lowest BCUT2D eigenvalue weighted by Gasteiger charge is -2.13. The van der Waals surface area contributed by atoms with Gasteiger partial charge in [0.2, 0.25) is 5.91 Å². The highest BCUT2D eigenvalue weighted by molar-refractivity contribution is 6.09. The Morgan fingerprint density at radius 1 is 0.923 bits per heavy atom. The van der Waals surface area contributed by atoms with Gasteiger partial charge in [-0.25, -0.2) is 4.98 Å². The Labute approximate surface area is 152 Å². The van der Waals surface area contributed by atoms with Crippen molar-refractivity contribution in [1.29, 1.82) is 0 Å². The first-order valence-electron chi connectivity index (χ1n) is 8.48. The van der Waals surface area contributed by atoms with E-state index in [1.807, 2.05) is 44.2 Å². The van der Waals surface area contributed by atoms with E-state index in [9.17, 15) is 9.59 Å². The van der Waals surface area contributed by atoms with E-state index in [1.165, 1.54) is 0 Å². The molecule has 4 nitrogen and oxygen atoms in total. The van der Waals surface area contributed by atoms with Gasteiger partial charge in [-0.1, -0.05) is 54.6 Å². The molecule has 0 saturated heterocycles. The summed E-state index contributed by atoms with van der Waals surface area (Å²) < 4.78 is 0. The van der Waals surface area contributed by atoms with Gasteiger partial charge < -0.3 is 5.32 Å². The van der Waals surface area contributed by atoms with Gasteiger partial charge in [-0.3, -0.25) is 9.59 Å². The zero-order valence-electron chi connectivity index (χ0n) is 14.8. The van der Waals surface area contributed by atoms with Crippen molar-refractivity contribution in [1.82, 2.24) is 4.98 Å². The molecular formula is C22H20N2O2. The quantitative estimate of drug-likeness (QED) is 0.700.